The highest BCUT2D eigenvalue weighted by Gasteiger charge is 2.14. The Morgan fingerprint density at radius 1 is 0.576 bits per heavy atom. The zero-order valence-electron chi connectivity index (χ0n) is 19.4. The van der Waals surface area contributed by atoms with Crippen LogP contribution in [-0.2, 0) is 0 Å². The van der Waals surface area contributed by atoms with Crippen LogP contribution in [-0.4, -0.2) is 5.11 Å². The maximum Gasteiger partial charge on any atom is 0.401 e. The third-order valence-corrected chi connectivity index (χ3v) is 5.45. The van der Waals surface area contributed by atoms with Crippen LogP contribution < -0.4 is 9.05 Å². The van der Waals surface area contributed by atoms with Crippen molar-refractivity contribution >= 4 is 58.7 Å². The molecule has 33 heavy (non-hydrogen) atoms. The average Bonchev–Trinajstić information content (AvgIpc) is 2.69. The molecule has 0 spiro atoms. The molecule has 0 heterocycles. The van der Waals surface area contributed by atoms with Gasteiger partial charge >= 0.3 is 7.73 Å². The van der Waals surface area contributed by atoms with E-state index >= 15 is 0 Å². The highest BCUT2D eigenvalue weighted by atomic mass is 36.0. The van der Waals surface area contributed by atoms with Gasteiger partial charge in [-0.25, -0.2) is 0 Å². The molecule has 0 amide bonds. The van der Waals surface area contributed by atoms with Gasteiger partial charge in [0, 0.05) is 0 Å². The lowest BCUT2D eigenvalue weighted by molar-refractivity contribution is 0.471. The molecular formula is C24H28Cl4O3P2. The summed E-state index contributed by atoms with van der Waals surface area (Å²) in [5, 5.41) is 9.04. The van der Waals surface area contributed by atoms with Crippen LogP contribution in [0.4, 0.5) is 0 Å². The number of hydrogen-bond donors (Lipinski definition) is 1. The maximum atomic E-state index is 9.04. The first-order valence-corrected chi connectivity index (χ1v) is 16.0. The van der Waals surface area contributed by atoms with E-state index < -0.39 is 13.7 Å². The summed E-state index contributed by atoms with van der Waals surface area (Å²) < 4.78 is 11.4. The lowest BCUT2D eigenvalue weighted by atomic mass is 10.1. The monoisotopic (exact) mass is 566 g/mol. The van der Waals surface area contributed by atoms with Crippen LogP contribution in [0.15, 0.2) is 54.6 Å². The Morgan fingerprint density at radius 3 is 1.21 bits per heavy atom. The zero-order valence-corrected chi connectivity index (χ0v) is 24.2. The number of hydrogen-bond acceptors (Lipinski definition) is 3. The first-order valence-electron chi connectivity index (χ1n) is 9.89. The fourth-order valence-corrected chi connectivity index (χ4v) is 3.98. The summed E-state index contributed by atoms with van der Waals surface area (Å²) in [6.45, 7) is 12.0. The Balaban J connectivity index is 0.000000345. The topological polar surface area (TPSA) is 38.7 Å². The van der Waals surface area contributed by atoms with E-state index in [1.54, 1.807) is 6.07 Å². The molecule has 0 aliphatic heterocycles. The van der Waals surface area contributed by atoms with Crippen molar-refractivity contribution in [2.75, 3.05) is 0 Å². The average molecular weight is 568 g/mol. The summed E-state index contributed by atoms with van der Waals surface area (Å²) in [4.78, 5) is 0. The fraction of sp³-hybridized carbons (Fsp3) is 0.250. The summed E-state index contributed by atoms with van der Waals surface area (Å²) in [6.07, 6.45) is 0. The molecule has 0 aliphatic rings. The van der Waals surface area contributed by atoms with E-state index in [4.69, 9.17) is 59.1 Å². The third kappa shape index (κ3) is 12.4. The molecule has 9 heteroatoms. The normalized spacial score (nSPS) is 10.2. The van der Waals surface area contributed by atoms with Gasteiger partial charge in [0.15, 0.2) is 5.98 Å². The second-order valence-electron chi connectivity index (χ2n) is 7.41. The molecule has 0 bridgehead atoms. The molecule has 0 aromatic heterocycles. The van der Waals surface area contributed by atoms with Crippen LogP contribution >= 0.6 is 58.7 Å². The van der Waals surface area contributed by atoms with Crippen LogP contribution in [0.2, 0.25) is 0 Å². The van der Waals surface area contributed by atoms with E-state index in [0.717, 1.165) is 28.2 Å². The van der Waals surface area contributed by atoms with Crippen LogP contribution in [0.1, 0.15) is 33.4 Å². The van der Waals surface area contributed by atoms with Gasteiger partial charge in [0.25, 0.3) is 0 Å². The van der Waals surface area contributed by atoms with Crippen LogP contribution in [0.25, 0.3) is 0 Å². The molecule has 0 saturated heterocycles. The Bertz CT molecular complexity index is 976. The number of phenolic OH excluding ortho intramolecular Hbond substituents is 1. The molecule has 0 radical (unpaired) electrons. The summed E-state index contributed by atoms with van der Waals surface area (Å²) >= 11 is 20.8. The largest absolute Gasteiger partial charge is 0.508 e. The number of aromatic hydroxyl groups is 1. The maximum absolute atomic E-state index is 9.04. The molecule has 3 aromatic carbocycles. The molecule has 0 unspecified atom stereocenters. The molecule has 0 fully saturated rings. The predicted octanol–water partition coefficient (Wildman–Crippen LogP) is 10.8. The molecule has 0 atom stereocenters. The fourth-order valence-electron chi connectivity index (χ4n) is 2.78. The van der Waals surface area contributed by atoms with Crippen molar-refractivity contribution in [3.8, 4) is 17.2 Å². The number of halogens is 4. The van der Waals surface area contributed by atoms with E-state index in [1.807, 2.05) is 77.9 Å². The first kappa shape index (κ1) is 30.1. The van der Waals surface area contributed by atoms with Crippen LogP contribution in [0.3, 0.4) is 0 Å². The SMILES string of the molecule is Cc1ccc(O)c(C)c1.Cc1ccc(OP(Cl)Oc2ccc(C)cc2C)c(C)c1.ClP(Cl)Cl. The van der Waals surface area contributed by atoms with Crippen molar-refractivity contribution in [3.63, 3.8) is 0 Å². The molecule has 0 aliphatic carbocycles. The summed E-state index contributed by atoms with van der Waals surface area (Å²) in [6, 6.07) is 17.5. The van der Waals surface area contributed by atoms with Crippen molar-refractivity contribution < 1.29 is 14.2 Å². The van der Waals surface area contributed by atoms with E-state index in [2.05, 4.69) is 12.1 Å². The highest BCUT2D eigenvalue weighted by Crippen LogP contribution is 2.51. The van der Waals surface area contributed by atoms with E-state index in [9.17, 15) is 0 Å². The molecule has 3 aromatic rings. The third-order valence-electron chi connectivity index (χ3n) is 4.35. The Labute approximate surface area is 218 Å². The zero-order chi connectivity index (χ0) is 25.1. The van der Waals surface area contributed by atoms with E-state index in [-0.39, 0.29) is 0 Å². The molecule has 180 valence electrons. The number of phenols is 1. The highest BCUT2D eigenvalue weighted by molar-refractivity contribution is 8.20. The van der Waals surface area contributed by atoms with Gasteiger partial charge in [-0.1, -0.05) is 86.8 Å². The molecular weight excluding hydrogens is 540 g/mol. The minimum atomic E-state index is -1.51. The van der Waals surface area contributed by atoms with Crippen molar-refractivity contribution in [2.45, 2.75) is 41.5 Å². The van der Waals surface area contributed by atoms with Gasteiger partial charge in [-0.05, 0) is 87.7 Å². The number of rotatable bonds is 4. The van der Waals surface area contributed by atoms with Crippen molar-refractivity contribution in [3.05, 3.63) is 88.0 Å². The molecule has 1 N–H and O–H groups in total. The van der Waals surface area contributed by atoms with Crippen molar-refractivity contribution in [2.24, 2.45) is 0 Å². The first-order chi connectivity index (χ1) is 15.4. The van der Waals surface area contributed by atoms with Gasteiger partial charge in [-0.2, -0.15) is 0 Å². The van der Waals surface area contributed by atoms with Gasteiger partial charge in [-0.15, -0.1) is 0 Å². The summed E-state index contributed by atoms with van der Waals surface area (Å²) in [5.41, 5.74) is 6.64. The van der Waals surface area contributed by atoms with E-state index in [1.165, 1.54) is 16.7 Å². The van der Waals surface area contributed by atoms with Crippen molar-refractivity contribution in [1.29, 1.82) is 0 Å². The van der Waals surface area contributed by atoms with Crippen molar-refractivity contribution in [1.82, 2.24) is 0 Å². The van der Waals surface area contributed by atoms with Gasteiger partial charge in [0.2, 0.25) is 0 Å². The Morgan fingerprint density at radius 2 is 0.909 bits per heavy atom. The predicted molar refractivity (Wildman–Crippen MR) is 148 cm³/mol. The minimum Gasteiger partial charge on any atom is -0.508 e. The number of aryl methyl sites for hydroxylation is 6. The molecule has 3 rings (SSSR count). The smallest absolute Gasteiger partial charge is 0.401 e. The van der Waals surface area contributed by atoms with Gasteiger partial charge in [0.05, 0.1) is 0 Å². The standard InChI is InChI=1S/C16H18ClO2P.C8H10O.Cl3P/c1-11-5-7-15(13(3)9-11)18-20(17)19-16-8-6-12(2)10-14(16)4;1-6-3-4-8(9)7(2)5-6;1-4(2)3/h5-10H,1-4H3;3-5,9H,1-2H3;. The quantitative estimate of drug-likeness (QED) is 0.318. The van der Waals surface area contributed by atoms with Crippen LogP contribution in [0, 0.1) is 41.5 Å². The van der Waals surface area contributed by atoms with Gasteiger partial charge in [-0.3, -0.25) is 0 Å². The van der Waals surface area contributed by atoms with Gasteiger partial charge in [0.1, 0.15) is 17.2 Å². The lowest BCUT2D eigenvalue weighted by Gasteiger charge is -2.15. The second-order valence-corrected chi connectivity index (χ2v) is 14.0. The Kier molecular flexibility index (Phi) is 13.8. The Hall–Kier alpha value is -0.920. The number of benzene rings is 3. The van der Waals surface area contributed by atoms with E-state index in [0.29, 0.717) is 5.75 Å². The van der Waals surface area contributed by atoms with Gasteiger partial charge < -0.3 is 14.2 Å². The lowest BCUT2D eigenvalue weighted by Crippen LogP contribution is -1.94. The minimum absolute atomic E-state index is 0.376. The molecule has 3 nitrogen and oxygen atoms in total. The van der Waals surface area contributed by atoms with Crippen LogP contribution in [0.5, 0.6) is 17.2 Å². The summed E-state index contributed by atoms with van der Waals surface area (Å²) in [5.74, 6) is 0.702. The second kappa shape index (κ2) is 15.2. The summed E-state index contributed by atoms with van der Waals surface area (Å²) in [7, 11) is -1.51. The molecule has 0 saturated carbocycles.